The molecule has 1 amide bonds. The summed E-state index contributed by atoms with van der Waals surface area (Å²) in [5.41, 5.74) is 0.434. The summed E-state index contributed by atoms with van der Waals surface area (Å²) in [7, 11) is 3.00. The van der Waals surface area contributed by atoms with Gasteiger partial charge < -0.3 is 19.9 Å². The number of hydrogen-bond acceptors (Lipinski definition) is 4. The predicted octanol–water partition coefficient (Wildman–Crippen LogP) is 2.39. The number of amides is 1. The smallest absolute Gasteiger partial charge is 0.251 e. The maximum atomic E-state index is 12.3. The van der Waals surface area contributed by atoms with Gasteiger partial charge in [-0.3, -0.25) is 4.79 Å². The van der Waals surface area contributed by atoms with Crippen LogP contribution in [0.4, 0.5) is 0 Å². The highest BCUT2D eigenvalue weighted by molar-refractivity contribution is 6.32. The summed E-state index contributed by atoms with van der Waals surface area (Å²) in [4.78, 5) is 12.3. The fourth-order valence-corrected chi connectivity index (χ4v) is 2.83. The predicted molar refractivity (Wildman–Crippen MR) is 80.3 cm³/mol. The van der Waals surface area contributed by atoms with Crippen molar-refractivity contribution in [1.82, 2.24) is 5.32 Å². The highest BCUT2D eigenvalue weighted by Gasteiger charge is 2.22. The first-order valence-electron chi connectivity index (χ1n) is 6.95. The average molecular weight is 314 g/mol. The quantitative estimate of drug-likeness (QED) is 0.895. The minimum absolute atomic E-state index is 0.0905. The van der Waals surface area contributed by atoms with Crippen LogP contribution in [0, 0.1) is 0 Å². The van der Waals surface area contributed by atoms with Gasteiger partial charge >= 0.3 is 0 Å². The van der Waals surface area contributed by atoms with E-state index in [-0.39, 0.29) is 18.1 Å². The molecule has 1 saturated carbocycles. The third-order valence-electron chi connectivity index (χ3n) is 3.73. The molecule has 0 heterocycles. The van der Waals surface area contributed by atoms with Crippen LogP contribution in [0.25, 0.3) is 0 Å². The Morgan fingerprint density at radius 1 is 1.24 bits per heavy atom. The van der Waals surface area contributed by atoms with E-state index in [0.29, 0.717) is 22.1 Å². The maximum absolute atomic E-state index is 12.3. The van der Waals surface area contributed by atoms with Crippen molar-refractivity contribution in [3.63, 3.8) is 0 Å². The highest BCUT2D eigenvalue weighted by atomic mass is 35.5. The molecule has 0 saturated heterocycles. The summed E-state index contributed by atoms with van der Waals surface area (Å²) in [6, 6.07) is 3.26. The van der Waals surface area contributed by atoms with Crippen molar-refractivity contribution in [3.05, 3.63) is 22.7 Å². The number of carbonyl (C=O) groups is 1. The zero-order valence-electron chi connectivity index (χ0n) is 12.2. The number of carbonyl (C=O) groups excluding carboxylic acids is 1. The second-order valence-electron chi connectivity index (χ2n) is 5.17. The van der Waals surface area contributed by atoms with E-state index in [9.17, 15) is 9.90 Å². The van der Waals surface area contributed by atoms with Crippen molar-refractivity contribution in [2.45, 2.75) is 37.8 Å². The van der Waals surface area contributed by atoms with E-state index in [1.807, 2.05) is 0 Å². The Labute approximate surface area is 129 Å². The van der Waals surface area contributed by atoms with Crippen molar-refractivity contribution in [3.8, 4) is 11.5 Å². The largest absolute Gasteiger partial charge is 0.493 e. The van der Waals surface area contributed by atoms with E-state index in [1.54, 1.807) is 12.1 Å². The number of ether oxygens (including phenoxy) is 2. The molecule has 1 aliphatic carbocycles. The molecule has 2 N–H and O–H groups in total. The number of aliphatic hydroxyl groups is 1. The van der Waals surface area contributed by atoms with Crippen molar-refractivity contribution < 1.29 is 19.4 Å². The van der Waals surface area contributed by atoms with Crippen LogP contribution in [-0.2, 0) is 0 Å². The van der Waals surface area contributed by atoms with Crippen LogP contribution in [0.2, 0.25) is 5.02 Å². The maximum Gasteiger partial charge on any atom is 0.251 e. The summed E-state index contributed by atoms with van der Waals surface area (Å²) in [6.45, 7) is 0. The minimum Gasteiger partial charge on any atom is -0.493 e. The molecular weight excluding hydrogens is 294 g/mol. The molecule has 1 aromatic rings. The van der Waals surface area contributed by atoms with Gasteiger partial charge in [0.1, 0.15) is 0 Å². The molecule has 1 fully saturated rings. The number of halogens is 1. The molecule has 0 aliphatic heterocycles. The molecule has 1 aromatic carbocycles. The first kappa shape index (κ1) is 15.9. The molecule has 21 heavy (non-hydrogen) atoms. The third-order valence-corrected chi connectivity index (χ3v) is 4.01. The fourth-order valence-electron chi connectivity index (χ4n) is 2.54. The fraction of sp³-hybridized carbons (Fsp3) is 0.533. The highest BCUT2D eigenvalue weighted by Crippen LogP contribution is 2.36. The Morgan fingerprint density at radius 2 is 1.90 bits per heavy atom. The molecule has 6 heteroatoms. The summed E-state index contributed by atoms with van der Waals surface area (Å²) in [5.74, 6) is 0.643. The second kappa shape index (κ2) is 7.00. The van der Waals surface area contributed by atoms with Gasteiger partial charge in [-0.05, 0) is 37.8 Å². The molecule has 116 valence electrons. The molecule has 2 rings (SSSR count). The van der Waals surface area contributed by atoms with Crippen molar-refractivity contribution in [1.29, 1.82) is 0 Å². The van der Waals surface area contributed by atoms with Crippen molar-refractivity contribution in [2.75, 3.05) is 14.2 Å². The molecule has 0 spiro atoms. The number of hydrogen-bond donors (Lipinski definition) is 2. The van der Waals surface area contributed by atoms with Gasteiger partial charge in [0.2, 0.25) is 0 Å². The van der Waals surface area contributed by atoms with Gasteiger partial charge in [0.25, 0.3) is 5.91 Å². The van der Waals surface area contributed by atoms with Gasteiger partial charge in [0.15, 0.2) is 11.5 Å². The van der Waals surface area contributed by atoms with Crippen molar-refractivity contribution >= 4 is 17.5 Å². The van der Waals surface area contributed by atoms with E-state index >= 15 is 0 Å². The van der Waals surface area contributed by atoms with Crippen LogP contribution in [0.3, 0.4) is 0 Å². The van der Waals surface area contributed by atoms with Crippen LogP contribution in [0.1, 0.15) is 36.0 Å². The standard InChI is InChI=1S/C15H20ClNO4/c1-20-13-8-9(7-12(16)14(13)21-2)15(19)17-10-3-5-11(18)6-4-10/h7-8,10-11,18H,3-6H2,1-2H3,(H,17,19). The molecule has 5 nitrogen and oxygen atoms in total. The average Bonchev–Trinajstić information content (AvgIpc) is 2.48. The van der Waals surface area contributed by atoms with Gasteiger partial charge in [0.05, 0.1) is 25.3 Å². The van der Waals surface area contributed by atoms with Crippen LogP contribution in [0.15, 0.2) is 12.1 Å². The monoisotopic (exact) mass is 313 g/mol. The summed E-state index contributed by atoms with van der Waals surface area (Å²) >= 11 is 6.10. The summed E-state index contributed by atoms with van der Waals surface area (Å²) in [5, 5.41) is 12.8. The lowest BCUT2D eigenvalue weighted by molar-refractivity contribution is 0.0867. The van der Waals surface area contributed by atoms with Gasteiger partial charge in [-0.15, -0.1) is 0 Å². The lowest BCUT2D eigenvalue weighted by Crippen LogP contribution is -2.38. The molecule has 0 aromatic heterocycles. The Kier molecular flexibility index (Phi) is 5.31. The summed E-state index contributed by atoms with van der Waals surface area (Å²) in [6.07, 6.45) is 2.77. The minimum atomic E-state index is -0.242. The van der Waals surface area contributed by atoms with Crippen LogP contribution < -0.4 is 14.8 Å². The van der Waals surface area contributed by atoms with E-state index in [4.69, 9.17) is 21.1 Å². The van der Waals surface area contributed by atoms with Gasteiger partial charge in [-0.2, -0.15) is 0 Å². The zero-order valence-corrected chi connectivity index (χ0v) is 12.9. The molecular formula is C15H20ClNO4. The zero-order chi connectivity index (χ0) is 15.4. The molecule has 0 unspecified atom stereocenters. The Morgan fingerprint density at radius 3 is 2.48 bits per heavy atom. The Balaban J connectivity index is 2.10. The SMILES string of the molecule is COc1cc(C(=O)NC2CCC(O)CC2)cc(Cl)c1OC. The molecule has 0 radical (unpaired) electrons. The topological polar surface area (TPSA) is 67.8 Å². The van der Waals surface area contributed by atoms with E-state index < -0.39 is 0 Å². The molecule has 0 bridgehead atoms. The van der Waals surface area contributed by atoms with E-state index in [2.05, 4.69) is 5.32 Å². The Bertz CT molecular complexity index is 513. The first-order valence-corrected chi connectivity index (χ1v) is 7.33. The normalized spacial score (nSPS) is 21.7. The van der Waals surface area contributed by atoms with E-state index in [1.165, 1.54) is 14.2 Å². The van der Waals surface area contributed by atoms with Gasteiger partial charge in [-0.25, -0.2) is 0 Å². The summed E-state index contributed by atoms with van der Waals surface area (Å²) < 4.78 is 10.3. The first-order chi connectivity index (χ1) is 10.0. The van der Waals surface area contributed by atoms with E-state index in [0.717, 1.165) is 25.7 Å². The van der Waals surface area contributed by atoms with Gasteiger partial charge in [0, 0.05) is 11.6 Å². The lowest BCUT2D eigenvalue weighted by atomic mass is 9.93. The number of benzene rings is 1. The molecule has 1 aliphatic rings. The third kappa shape index (κ3) is 3.80. The Hall–Kier alpha value is -1.46. The van der Waals surface area contributed by atoms with Crippen LogP contribution >= 0.6 is 11.6 Å². The van der Waals surface area contributed by atoms with Crippen LogP contribution in [0.5, 0.6) is 11.5 Å². The second-order valence-corrected chi connectivity index (χ2v) is 5.58. The lowest BCUT2D eigenvalue weighted by Gasteiger charge is -2.26. The number of aliphatic hydroxyl groups excluding tert-OH is 1. The number of nitrogens with one attached hydrogen (secondary N) is 1. The van der Waals surface area contributed by atoms with Gasteiger partial charge in [-0.1, -0.05) is 11.6 Å². The molecule has 0 atom stereocenters. The van der Waals surface area contributed by atoms with Crippen LogP contribution in [-0.4, -0.2) is 37.4 Å². The number of methoxy groups -OCH3 is 2. The van der Waals surface area contributed by atoms with Crippen molar-refractivity contribution in [2.24, 2.45) is 0 Å². The number of rotatable bonds is 4.